The molecule has 0 radical (unpaired) electrons. The Hall–Kier alpha value is -1.92. The van der Waals surface area contributed by atoms with Gasteiger partial charge in [-0.1, -0.05) is 0 Å². The van der Waals surface area contributed by atoms with Gasteiger partial charge in [0.25, 0.3) is 0 Å². The standard InChI is InChI=1S/C24H35N5O/c1-4-27(2)18-10-11-20-19(16-18)24(26-23(25-20)17-8-9-17)29-14-12-28(13-15-29)21-6-5-7-22(21)30-3/h10-11,16-17,21-22H,4-9,12-15H2,1-3H3. The van der Waals surface area contributed by atoms with Crippen LogP contribution in [-0.4, -0.2) is 73.9 Å². The third-order valence-corrected chi connectivity index (χ3v) is 7.34. The van der Waals surface area contributed by atoms with E-state index in [0.717, 1.165) is 49.9 Å². The van der Waals surface area contributed by atoms with Crippen LogP contribution in [0, 0.1) is 0 Å². The van der Waals surface area contributed by atoms with Gasteiger partial charge in [0.1, 0.15) is 11.6 Å². The Morgan fingerprint density at radius 3 is 2.57 bits per heavy atom. The second-order valence-electron chi connectivity index (χ2n) is 9.19. The summed E-state index contributed by atoms with van der Waals surface area (Å²) in [5, 5.41) is 1.20. The van der Waals surface area contributed by atoms with Crippen LogP contribution >= 0.6 is 0 Å². The largest absolute Gasteiger partial charge is 0.380 e. The molecule has 2 unspecified atom stereocenters. The smallest absolute Gasteiger partial charge is 0.140 e. The number of fused-ring (bicyclic) bond motifs is 1. The average molecular weight is 410 g/mol. The van der Waals surface area contributed by atoms with E-state index < -0.39 is 0 Å². The molecule has 2 aromatic rings. The van der Waals surface area contributed by atoms with Crippen LogP contribution in [0.2, 0.25) is 0 Å². The summed E-state index contributed by atoms with van der Waals surface area (Å²) in [5.74, 6) is 2.75. The molecule has 2 atom stereocenters. The second-order valence-corrected chi connectivity index (χ2v) is 9.19. The molecule has 3 fully saturated rings. The Labute approximate surface area is 180 Å². The Kier molecular flexibility index (Phi) is 5.54. The Balaban J connectivity index is 1.42. The SMILES string of the molecule is CCN(C)c1ccc2nc(C3CC3)nc(N3CCN(C4CCCC4OC)CC3)c2c1. The van der Waals surface area contributed by atoms with Crippen molar-refractivity contribution in [1.29, 1.82) is 0 Å². The van der Waals surface area contributed by atoms with E-state index in [1.165, 1.54) is 43.2 Å². The fraction of sp³-hybridized carbons (Fsp3) is 0.667. The van der Waals surface area contributed by atoms with Gasteiger partial charge in [-0.2, -0.15) is 0 Å². The van der Waals surface area contributed by atoms with Crippen molar-refractivity contribution in [3.8, 4) is 0 Å². The van der Waals surface area contributed by atoms with E-state index in [2.05, 4.69) is 46.9 Å². The molecule has 0 amide bonds. The van der Waals surface area contributed by atoms with E-state index in [1.54, 1.807) is 0 Å². The number of piperazine rings is 1. The molecule has 5 rings (SSSR count). The van der Waals surface area contributed by atoms with Gasteiger partial charge < -0.3 is 14.5 Å². The Morgan fingerprint density at radius 2 is 1.87 bits per heavy atom. The zero-order chi connectivity index (χ0) is 20.7. The van der Waals surface area contributed by atoms with Crippen molar-refractivity contribution in [2.24, 2.45) is 0 Å². The van der Waals surface area contributed by atoms with Crippen molar-refractivity contribution in [1.82, 2.24) is 14.9 Å². The van der Waals surface area contributed by atoms with Crippen LogP contribution in [0.15, 0.2) is 18.2 Å². The van der Waals surface area contributed by atoms with E-state index in [0.29, 0.717) is 18.1 Å². The molecule has 1 saturated heterocycles. The van der Waals surface area contributed by atoms with Crippen LogP contribution < -0.4 is 9.80 Å². The van der Waals surface area contributed by atoms with Gasteiger partial charge in [-0.25, -0.2) is 9.97 Å². The minimum absolute atomic E-state index is 0.407. The van der Waals surface area contributed by atoms with Gasteiger partial charge in [-0.3, -0.25) is 4.90 Å². The lowest BCUT2D eigenvalue weighted by atomic mass is 10.1. The molecule has 0 N–H and O–H groups in total. The van der Waals surface area contributed by atoms with Gasteiger partial charge in [-0.05, 0) is 57.2 Å². The fourth-order valence-electron chi connectivity index (χ4n) is 5.17. The molecular formula is C24H35N5O. The van der Waals surface area contributed by atoms with Gasteiger partial charge in [0.15, 0.2) is 0 Å². The lowest BCUT2D eigenvalue weighted by Gasteiger charge is -2.40. The normalized spacial score (nSPS) is 25.2. The van der Waals surface area contributed by atoms with Crippen molar-refractivity contribution < 1.29 is 4.74 Å². The molecule has 2 heterocycles. The lowest BCUT2D eigenvalue weighted by Crippen LogP contribution is -2.52. The van der Waals surface area contributed by atoms with E-state index in [-0.39, 0.29) is 0 Å². The monoisotopic (exact) mass is 409 g/mol. The molecule has 30 heavy (non-hydrogen) atoms. The van der Waals surface area contributed by atoms with Crippen molar-refractivity contribution in [2.45, 2.75) is 57.1 Å². The van der Waals surface area contributed by atoms with Crippen LogP contribution in [0.4, 0.5) is 11.5 Å². The molecule has 162 valence electrons. The topological polar surface area (TPSA) is 44.7 Å². The molecule has 6 heteroatoms. The van der Waals surface area contributed by atoms with Gasteiger partial charge in [0, 0.05) is 69.9 Å². The summed E-state index contributed by atoms with van der Waals surface area (Å²) in [6, 6.07) is 7.26. The summed E-state index contributed by atoms with van der Waals surface area (Å²) in [6.07, 6.45) is 6.64. The molecule has 0 spiro atoms. The van der Waals surface area contributed by atoms with Gasteiger partial charge in [-0.15, -0.1) is 0 Å². The van der Waals surface area contributed by atoms with Crippen LogP contribution in [-0.2, 0) is 4.74 Å². The predicted molar refractivity (Wildman–Crippen MR) is 123 cm³/mol. The quantitative estimate of drug-likeness (QED) is 0.726. The number of anilines is 2. The molecule has 6 nitrogen and oxygen atoms in total. The van der Waals surface area contributed by atoms with Crippen molar-refractivity contribution >= 4 is 22.4 Å². The zero-order valence-electron chi connectivity index (χ0n) is 18.7. The number of hydrogen-bond acceptors (Lipinski definition) is 6. The number of aromatic nitrogens is 2. The highest BCUT2D eigenvalue weighted by atomic mass is 16.5. The van der Waals surface area contributed by atoms with Gasteiger partial charge in [0.2, 0.25) is 0 Å². The first kappa shape index (κ1) is 20.0. The molecule has 1 aliphatic heterocycles. The summed E-state index contributed by atoms with van der Waals surface area (Å²) in [7, 11) is 4.02. The van der Waals surface area contributed by atoms with Crippen molar-refractivity contribution in [2.75, 3.05) is 56.7 Å². The highest BCUT2D eigenvalue weighted by Gasteiger charge is 2.35. The summed E-state index contributed by atoms with van der Waals surface area (Å²) in [4.78, 5) is 17.5. The highest BCUT2D eigenvalue weighted by molar-refractivity contribution is 5.92. The maximum absolute atomic E-state index is 5.76. The summed E-state index contributed by atoms with van der Waals surface area (Å²) in [6.45, 7) is 7.40. The van der Waals surface area contributed by atoms with Crippen LogP contribution in [0.3, 0.4) is 0 Å². The van der Waals surface area contributed by atoms with E-state index in [1.807, 2.05) is 7.11 Å². The first-order chi connectivity index (χ1) is 14.7. The van der Waals surface area contributed by atoms with Crippen LogP contribution in [0.5, 0.6) is 0 Å². The van der Waals surface area contributed by atoms with E-state index >= 15 is 0 Å². The second kappa shape index (κ2) is 8.31. The third-order valence-electron chi connectivity index (χ3n) is 7.34. The molecule has 2 aliphatic carbocycles. The minimum atomic E-state index is 0.407. The maximum Gasteiger partial charge on any atom is 0.140 e. The fourth-order valence-corrected chi connectivity index (χ4v) is 5.17. The molecule has 0 bridgehead atoms. The number of benzene rings is 1. The van der Waals surface area contributed by atoms with Gasteiger partial charge >= 0.3 is 0 Å². The van der Waals surface area contributed by atoms with Crippen LogP contribution in [0.25, 0.3) is 10.9 Å². The first-order valence-electron chi connectivity index (χ1n) is 11.7. The zero-order valence-corrected chi connectivity index (χ0v) is 18.7. The Morgan fingerprint density at radius 1 is 1.07 bits per heavy atom. The van der Waals surface area contributed by atoms with Crippen molar-refractivity contribution in [3.63, 3.8) is 0 Å². The summed E-state index contributed by atoms with van der Waals surface area (Å²) >= 11 is 0. The molecule has 2 saturated carbocycles. The molecule has 3 aliphatic rings. The number of methoxy groups -OCH3 is 1. The van der Waals surface area contributed by atoms with Crippen molar-refractivity contribution in [3.05, 3.63) is 24.0 Å². The summed E-state index contributed by atoms with van der Waals surface area (Å²) in [5.41, 5.74) is 2.33. The minimum Gasteiger partial charge on any atom is -0.380 e. The Bertz CT molecular complexity index is 891. The maximum atomic E-state index is 5.76. The molecule has 1 aromatic heterocycles. The third kappa shape index (κ3) is 3.76. The number of rotatable bonds is 6. The number of hydrogen-bond donors (Lipinski definition) is 0. The molecular weight excluding hydrogens is 374 g/mol. The number of ether oxygens (including phenoxy) is 1. The summed E-state index contributed by atoms with van der Waals surface area (Å²) < 4.78 is 5.76. The van der Waals surface area contributed by atoms with Crippen LogP contribution in [0.1, 0.15) is 50.8 Å². The number of nitrogens with zero attached hydrogens (tertiary/aromatic N) is 5. The van der Waals surface area contributed by atoms with Gasteiger partial charge in [0.05, 0.1) is 11.6 Å². The average Bonchev–Trinajstić information content (AvgIpc) is 3.54. The first-order valence-corrected chi connectivity index (χ1v) is 11.7. The lowest BCUT2D eigenvalue weighted by molar-refractivity contribution is 0.0306. The van der Waals surface area contributed by atoms with E-state index in [9.17, 15) is 0 Å². The van der Waals surface area contributed by atoms with E-state index in [4.69, 9.17) is 14.7 Å². The predicted octanol–water partition coefficient (Wildman–Crippen LogP) is 3.65. The molecule has 1 aromatic carbocycles. The highest BCUT2D eigenvalue weighted by Crippen LogP contribution is 2.40.